The summed E-state index contributed by atoms with van der Waals surface area (Å²) in [4.78, 5) is 26.4. The van der Waals surface area contributed by atoms with Crippen LogP contribution in [0.2, 0.25) is 0 Å². The van der Waals surface area contributed by atoms with Crippen molar-refractivity contribution in [2.75, 3.05) is 13.1 Å². The third-order valence-corrected chi connectivity index (χ3v) is 4.65. The highest BCUT2D eigenvalue weighted by molar-refractivity contribution is 5.80. The molecule has 2 rings (SSSR count). The Balaban J connectivity index is 1.84. The molecule has 0 aromatic carbocycles. The van der Waals surface area contributed by atoms with E-state index in [0.29, 0.717) is 19.1 Å². The van der Waals surface area contributed by atoms with E-state index in [-0.39, 0.29) is 17.9 Å². The minimum atomic E-state index is -0.493. The highest BCUT2D eigenvalue weighted by atomic mass is 16.6. The van der Waals surface area contributed by atoms with Crippen LogP contribution in [0.1, 0.15) is 72.1 Å². The van der Waals surface area contributed by atoms with Gasteiger partial charge in [-0.3, -0.25) is 4.79 Å². The maximum absolute atomic E-state index is 12.5. The monoisotopic (exact) mass is 324 g/mol. The van der Waals surface area contributed by atoms with Gasteiger partial charge in [0.15, 0.2) is 0 Å². The van der Waals surface area contributed by atoms with Crippen molar-refractivity contribution in [1.29, 1.82) is 0 Å². The van der Waals surface area contributed by atoms with Gasteiger partial charge in [-0.05, 0) is 46.5 Å². The van der Waals surface area contributed by atoms with Gasteiger partial charge in [0.05, 0.1) is 5.92 Å². The Bertz CT molecular complexity index is 409. The van der Waals surface area contributed by atoms with Crippen LogP contribution in [0.3, 0.4) is 0 Å². The molecule has 23 heavy (non-hydrogen) atoms. The fourth-order valence-corrected chi connectivity index (χ4v) is 3.43. The van der Waals surface area contributed by atoms with Crippen molar-refractivity contribution in [3.63, 3.8) is 0 Å². The molecule has 1 saturated heterocycles. The van der Waals surface area contributed by atoms with E-state index in [0.717, 1.165) is 25.7 Å². The third kappa shape index (κ3) is 6.04. The second-order valence-corrected chi connectivity index (χ2v) is 7.96. The molecule has 1 unspecified atom stereocenters. The lowest BCUT2D eigenvalue weighted by molar-refractivity contribution is -0.127. The van der Waals surface area contributed by atoms with Crippen LogP contribution < -0.4 is 5.32 Å². The lowest BCUT2D eigenvalue weighted by atomic mass is 9.96. The van der Waals surface area contributed by atoms with Gasteiger partial charge in [0.2, 0.25) is 5.91 Å². The average Bonchev–Trinajstić information content (AvgIpc) is 2.74. The van der Waals surface area contributed by atoms with Gasteiger partial charge in [-0.25, -0.2) is 4.79 Å². The van der Waals surface area contributed by atoms with E-state index >= 15 is 0 Å². The minimum Gasteiger partial charge on any atom is -0.444 e. The Morgan fingerprint density at radius 1 is 1.00 bits per heavy atom. The second-order valence-electron chi connectivity index (χ2n) is 7.96. The van der Waals surface area contributed by atoms with Crippen LogP contribution in [-0.2, 0) is 9.53 Å². The first-order valence-electron chi connectivity index (χ1n) is 9.13. The average molecular weight is 324 g/mol. The topological polar surface area (TPSA) is 58.6 Å². The molecule has 0 bridgehead atoms. The number of carbonyl (C=O) groups excluding carboxylic acids is 2. The zero-order valence-electron chi connectivity index (χ0n) is 14.9. The lowest BCUT2D eigenvalue weighted by Crippen LogP contribution is -2.48. The number of amides is 2. The fraction of sp³-hybridized carbons (Fsp3) is 0.889. The highest BCUT2D eigenvalue weighted by Gasteiger charge is 2.31. The van der Waals surface area contributed by atoms with Gasteiger partial charge < -0.3 is 15.0 Å². The van der Waals surface area contributed by atoms with Crippen molar-refractivity contribution in [1.82, 2.24) is 10.2 Å². The summed E-state index contributed by atoms with van der Waals surface area (Å²) in [5, 5.41) is 3.22. The molecule has 0 spiro atoms. The summed E-state index contributed by atoms with van der Waals surface area (Å²) >= 11 is 0. The van der Waals surface area contributed by atoms with Gasteiger partial charge in [-0.2, -0.15) is 0 Å². The summed E-state index contributed by atoms with van der Waals surface area (Å²) < 4.78 is 5.43. The Morgan fingerprint density at radius 2 is 1.65 bits per heavy atom. The van der Waals surface area contributed by atoms with Crippen molar-refractivity contribution >= 4 is 12.0 Å². The standard InChI is InChI=1S/C18H32N2O3/c1-18(2,3)23-17(22)20-12-8-9-14(13-20)16(21)19-15-10-6-4-5-7-11-15/h14-15H,4-13H2,1-3H3,(H,19,21). The number of ether oxygens (including phenoxy) is 1. The molecular formula is C18H32N2O3. The van der Waals surface area contributed by atoms with E-state index in [2.05, 4.69) is 5.32 Å². The van der Waals surface area contributed by atoms with E-state index in [1.54, 1.807) is 4.90 Å². The number of hydrogen-bond acceptors (Lipinski definition) is 3. The Labute approximate surface area is 140 Å². The van der Waals surface area contributed by atoms with Crippen LogP contribution in [0.25, 0.3) is 0 Å². The first kappa shape index (κ1) is 18.1. The summed E-state index contributed by atoms with van der Waals surface area (Å²) in [7, 11) is 0. The van der Waals surface area contributed by atoms with E-state index in [9.17, 15) is 9.59 Å². The van der Waals surface area contributed by atoms with Crippen LogP contribution in [0, 0.1) is 5.92 Å². The maximum atomic E-state index is 12.5. The van der Waals surface area contributed by atoms with E-state index in [1.165, 1.54) is 25.7 Å². The highest BCUT2D eigenvalue weighted by Crippen LogP contribution is 2.21. The molecule has 1 aliphatic carbocycles. The van der Waals surface area contributed by atoms with Crippen LogP contribution >= 0.6 is 0 Å². The third-order valence-electron chi connectivity index (χ3n) is 4.65. The molecule has 1 atom stereocenters. The number of likely N-dealkylation sites (tertiary alicyclic amines) is 1. The van der Waals surface area contributed by atoms with E-state index in [1.807, 2.05) is 20.8 Å². The smallest absolute Gasteiger partial charge is 0.410 e. The predicted octanol–water partition coefficient (Wildman–Crippen LogP) is 3.47. The molecule has 1 aliphatic heterocycles. The van der Waals surface area contributed by atoms with Crippen LogP contribution in [0.15, 0.2) is 0 Å². The maximum Gasteiger partial charge on any atom is 0.410 e. The molecule has 0 radical (unpaired) electrons. The number of piperidine rings is 1. The number of rotatable bonds is 2. The van der Waals surface area contributed by atoms with Gasteiger partial charge in [0, 0.05) is 19.1 Å². The Morgan fingerprint density at radius 3 is 2.26 bits per heavy atom. The zero-order valence-corrected chi connectivity index (χ0v) is 14.9. The van der Waals surface area contributed by atoms with Crippen molar-refractivity contribution in [3.8, 4) is 0 Å². The SMILES string of the molecule is CC(C)(C)OC(=O)N1CCCC(C(=O)NC2CCCCCC2)C1. The first-order chi connectivity index (χ1) is 10.8. The van der Waals surface area contributed by atoms with Gasteiger partial charge in [0.1, 0.15) is 5.60 Å². The number of nitrogens with zero attached hydrogens (tertiary/aromatic N) is 1. The molecule has 1 saturated carbocycles. The van der Waals surface area contributed by atoms with E-state index in [4.69, 9.17) is 4.74 Å². The number of carbonyl (C=O) groups is 2. The molecule has 2 aliphatic rings. The number of hydrogen-bond donors (Lipinski definition) is 1. The van der Waals surface area contributed by atoms with Gasteiger partial charge in [-0.1, -0.05) is 25.7 Å². The van der Waals surface area contributed by atoms with Crippen LogP contribution in [0.5, 0.6) is 0 Å². The zero-order chi connectivity index (χ0) is 16.9. The molecule has 0 aromatic rings. The summed E-state index contributed by atoms with van der Waals surface area (Å²) in [6.07, 6.45) is 8.58. The van der Waals surface area contributed by atoms with E-state index < -0.39 is 5.60 Å². The normalized spacial score (nSPS) is 24.0. The summed E-state index contributed by atoms with van der Waals surface area (Å²) in [6.45, 7) is 6.76. The Kier molecular flexibility index (Phi) is 6.31. The largest absolute Gasteiger partial charge is 0.444 e. The predicted molar refractivity (Wildman–Crippen MR) is 90.2 cm³/mol. The molecule has 132 valence electrons. The molecule has 2 amide bonds. The van der Waals surface area contributed by atoms with Crippen molar-refractivity contribution in [3.05, 3.63) is 0 Å². The van der Waals surface area contributed by atoms with Gasteiger partial charge in [-0.15, -0.1) is 0 Å². The molecule has 1 N–H and O–H groups in total. The lowest BCUT2D eigenvalue weighted by Gasteiger charge is -2.34. The quantitative estimate of drug-likeness (QED) is 0.791. The molecule has 0 aromatic heterocycles. The van der Waals surface area contributed by atoms with Crippen molar-refractivity contribution in [2.45, 2.75) is 83.8 Å². The van der Waals surface area contributed by atoms with Crippen LogP contribution in [0.4, 0.5) is 4.79 Å². The minimum absolute atomic E-state index is 0.0977. The van der Waals surface area contributed by atoms with Crippen LogP contribution in [-0.4, -0.2) is 41.6 Å². The van der Waals surface area contributed by atoms with Crippen molar-refractivity contribution in [2.24, 2.45) is 5.92 Å². The van der Waals surface area contributed by atoms with Crippen molar-refractivity contribution < 1.29 is 14.3 Å². The number of nitrogens with one attached hydrogen (secondary N) is 1. The summed E-state index contributed by atoms with van der Waals surface area (Å²) in [5.41, 5.74) is -0.493. The molecule has 1 heterocycles. The fourth-order valence-electron chi connectivity index (χ4n) is 3.43. The summed E-state index contributed by atoms with van der Waals surface area (Å²) in [5.74, 6) is 0.0182. The molecular weight excluding hydrogens is 292 g/mol. The van der Waals surface area contributed by atoms with Gasteiger partial charge in [0.25, 0.3) is 0 Å². The second kappa shape index (κ2) is 8.02. The molecule has 5 nitrogen and oxygen atoms in total. The first-order valence-corrected chi connectivity index (χ1v) is 9.13. The molecule has 5 heteroatoms. The Hall–Kier alpha value is -1.26. The summed E-state index contributed by atoms with van der Waals surface area (Å²) in [6, 6.07) is 0.321. The molecule has 2 fully saturated rings. The van der Waals surface area contributed by atoms with Gasteiger partial charge >= 0.3 is 6.09 Å².